The fourth-order valence-electron chi connectivity index (χ4n) is 1.80. The van der Waals surface area contributed by atoms with Crippen molar-refractivity contribution < 1.29 is 13.5 Å². The molecular weight excluding hydrogens is 248 g/mol. The third-order valence-corrected chi connectivity index (χ3v) is 2.73. The number of hydrogen-bond donors (Lipinski definition) is 1. The third-order valence-electron chi connectivity index (χ3n) is 2.73. The summed E-state index contributed by atoms with van der Waals surface area (Å²) in [6.45, 7) is 0.572. The Balaban J connectivity index is 2.19. The second kappa shape index (κ2) is 6.29. The molecule has 1 unspecified atom stereocenters. The summed E-state index contributed by atoms with van der Waals surface area (Å²) in [7, 11) is 1.81. The summed E-state index contributed by atoms with van der Waals surface area (Å²) in [4.78, 5) is 0. The number of hydrogen-bond acceptors (Lipinski definition) is 2. The van der Waals surface area contributed by atoms with Crippen LogP contribution in [0.1, 0.15) is 11.7 Å². The number of halogens is 2. The Labute approximate surface area is 111 Å². The molecule has 0 aliphatic heterocycles. The van der Waals surface area contributed by atoms with Crippen molar-refractivity contribution in [3.63, 3.8) is 0 Å². The van der Waals surface area contributed by atoms with Gasteiger partial charge in [0.05, 0.1) is 0 Å². The second-order valence-electron chi connectivity index (χ2n) is 4.15. The van der Waals surface area contributed by atoms with E-state index in [1.165, 1.54) is 6.07 Å². The summed E-state index contributed by atoms with van der Waals surface area (Å²) in [6.07, 6.45) is -0.254. The lowest BCUT2D eigenvalue weighted by Crippen LogP contribution is -2.21. The summed E-state index contributed by atoms with van der Waals surface area (Å²) < 4.78 is 31.7. The zero-order valence-electron chi connectivity index (χ0n) is 10.6. The normalized spacial score (nSPS) is 12.2. The van der Waals surface area contributed by atoms with Crippen LogP contribution in [0.25, 0.3) is 0 Å². The van der Waals surface area contributed by atoms with Gasteiger partial charge in [-0.25, -0.2) is 8.78 Å². The monoisotopic (exact) mass is 263 g/mol. The van der Waals surface area contributed by atoms with Gasteiger partial charge in [0.25, 0.3) is 0 Å². The van der Waals surface area contributed by atoms with E-state index >= 15 is 0 Å². The maximum Gasteiger partial charge on any atom is 0.162 e. The lowest BCUT2D eigenvalue weighted by molar-refractivity contribution is 0.203. The zero-order valence-corrected chi connectivity index (χ0v) is 10.6. The van der Waals surface area contributed by atoms with Gasteiger partial charge in [-0.3, -0.25) is 0 Å². The van der Waals surface area contributed by atoms with Crippen LogP contribution < -0.4 is 10.1 Å². The van der Waals surface area contributed by atoms with Gasteiger partial charge in [0.2, 0.25) is 0 Å². The van der Waals surface area contributed by atoms with Crippen LogP contribution in [0, 0.1) is 11.6 Å². The first kappa shape index (κ1) is 13.5. The van der Waals surface area contributed by atoms with Gasteiger partial charge in [-0.05, 0) is 24.7 Å². The largest absolute Gasteiger partial charge is 0.484 e. The third kappa shape index (κ3) is 3.51. The van der Waals surface area contributed by atoms with Gasteiger partial charge in [0, 0.05) is 12.6 Å². The highest BCUT2D eigenvalue weighted by atomic mass is 19.2. The minimum atomic E-state index is -0.909. The molecule has 0 aliphatic rings. The molecule has 2 aromatic carbocycles. The van der Waals surface area contributed by atoms with Crippen molar-refractivity contribution in [2.75, 3.05) is 13.6 Å². The lowest BCUT2D eigenvalue weighted by atomic mass is 10.1. The van der Waals surface area contributed by atoms with Gasteiger partial charge in [-0.15, -0.1) is 0 Å². The average Bonchev–Trinajstić information content (AvgIpc) is 2.43. The van der Waals surface area contributed by atoms with Crippen LogP contribution in [-0.4, -0.2) is 13.6 Å². The van der Waals surface area contributed by atoms with Gasteiger partial charge < -0.3 is 10.1 Å². The zero-order chi connectivity index (χ0) is 13.7. The van der Waals surface area contributed by atoms with E-state index in [-0.39, 0.29) is 6.10 Å². The predicted octanol–water partition coefficient (Wildman–Crippen LogP) is 3.30. The van der Waals surface area contributed by atoms with E-state index < -0.39 is 11.6 Å². The highest BCUT2D eigenvalue weighted by Crippen LogP contribution is 2.23. The molecule has 0 bridgehead atoms. The molecule has 2 rings (SSSR count). The van der Waals surface area contributed by atoms with Crippen molar-refractivity contribution in [3.05, 3.63) is 65.7 Å². The quantitative estimate of drug-likeness (QED) is 0.893. The van der Waals surface area contributed by atoms with Gasteiger partial charge in [-0.2, -0.15) is 0 Å². The van der Waals surface area contributed by atoms with Crippen LogP contribution in [0.15, 0.2) is 48.5 Å². The molecule has 0 spiro atoms. The molecule has 0 aliphatic carbocycles. The van der Waals surface area contributed by atoms with Crippen molar-refractivity contribution in [1.29, 1.82) is 0 Å². The van der Waals surface area contributed by atoms with Crippen LogP contribution in [0.4, 0.5) is 8.78 Å². The summed E-state index contributed by atoms with van der Waals surface area (Å²) in [5.41, 5.74) is 0.974. The maximum absolute atomic E-state index is 13.1. The molecule has 0 aromatic heterocycles. The molecule has 1 N–H and O–H groups in total. The summed E-state index contributed by atoms with van der Waals surface area (Å²) in [5.74, 6) is -1.48. The lowest BCUT2D eigenvalue weighted by Gasteiger charge is -2.19. The number of rotatable bonds is 5. The van der Waals surface area contributed by atoms with E-state index in [4.69, 9.17) is 4.74 Å². The smallest absolute Gasteiger partial charge is 0.162 e. The minimum Gasteiger partial charge on any atom is -0.484 e. The Morgan fingerprint density at radius 3 is 2.42 bits per heavy atom. The van der Waals surface area contributed by atoms with Crippen LogP contribution in [-0.2, 0) is 0 Å². The topological polar surface area (TPSA) is 21.3 Å². The van der Waals surface area contributed by atoms with Crippen molar-refractivity contribution in [2.24, 2.45) is 0 Å². The number of ether oxygens (including phenoxy) is 1. The van der Waals surface area contributed by atoms with Crippen LogP contribution in [0.2, 0.25) is 0 Å². The molecule has 2 nitrogen and oxygen atoms in total. The Hall–Kier alpha value is -1.94. The Morgan fingerprint density at radius 1 is 1.05 bits per heavy atom. The molecular formula is C15H15F2NO. The van der Waals surface area contributed by atoms with Crippen LogP contribution in [0.5, 0.6) is 5.75 Å². The fourth-order valence-corrected chi connectivity index (χ4v) is 1.80. The Morgan fingerprint density at radius 2 is 1.79 bits per heavy atom. The molecule has 0 saturated heterocycles. The highest BCUT2D eigenvalue weighted by Gasteiger charge is 2.13. The standard InChI is InChI=1S/C15H15F2NO/c1-18-10-15(11-5-3-2-4-6-11)19-12-7-8-13(16)14(17)9-12/h2-9,15,18H,10H2,1H3. The van der Waals surface area contributed by atoms with Crippen LogP contribution in [0.3, 0.4) is 0 Å². The minimum absolute atomic E-state index is 0.254. The van der Waals surface area contributed by atoms with Gasteiger partial charge in [-0.1, -0.05) is 30.3 Å². The first-order valence-corrected chi connectivity index (χ1v) is 6.02. The highest BCUT2D eigenvalue weighted by molar-refractivity contribution is 5.26. The molecule has 19 heavy (non-hydrogen) atoms. The number of likely N-dealkylation sites (N-methyl/N-ethyl adjacent to an activating group) is 1. The molecule has 1 atom stereocenters. The molecule has 0 radical (unpaired) electrons. The van der Waals surface area contributed by atoms with E-state index in [9.17, 15) is 8.78 Å². The Kier molecular flexibility index (Phi) is 4.47. The van der Waals surface area contributed by atoms with E-state index in [1.807, 2.05) is 37.4 Å². The second-order valence-corrected chi connectivity index (χ2v) is 4.15. The molecule has 0 saturated carbocycles. The molecule has 4 heteroatoms. The van der Waals surface area contributed by atoms with E-state index in [1.54, 1.807) is 0 Å². The first-order chi connectivity index (χ1) is 9.20. The summed E-state index contributed by atoms with van der Waals surface area (Å²) in [5, 5.41) is 3.02. The van der Waals surface area contributed by atoms with Gasteiger partial charge in [0.15, 0.2) is 11.6 Å². The summed E-state index contributed by atoms with van der Waals surface area (Å²) in [6, 6.07) is 13.1. The predicted molar refractivity (Wildman–Crippen MR) is 70.1 cm³/mol. The Bertz CT molecular complexity index is 531. The van der Waals surface area contributed by atoms with E-state index in [0.717, 1.165) is 17.7 Å². The molecule has 0 fully saturated rings. The number of benzene rings is 2. The SMILES string of the molecule is CNCC(Oc1ccc(F)c(F)c1)c1ccccc1. The van der Waals surface area contributed by atoms with Crippen molar-refractivity contribution in [1.82, 2.24) is 5.32 Å². The van der Waals surface area contributed by atoms with Crippen molar-refractivity contribution >= 4 is 0 Å². The van der Waals surface area contributed by atoms with Crippen molar-refractivity contribution in [3.8, 4) is 5.75 Å². The first-order valence-electron chi connectivity index (χ1n) is 6.02. The fraction of sp³-hybridized carbons (Fsp3) is 0.200. The van der Waals surface area contributed by atoms with Gasteiger partial charge >= 0.3 is 0 Å². The van der Waals surface area contributed by atoms with Crippen LogP contribution >= 0.6 is 0 Å². The van der Waals surface area contributed by atoms with Gasteiger partial charge in [0.1, 0.15) is 11.9 Å². The van der Waals surface area contributed by atoms with Crippen molar-refractivity contribution in [2.45, 2.75) is 6.10 Å². The molecule has 2 aromatic rings. The molecule has 0 amide bonds. The van der Waals surface area contributed by atoms with E-state index in [2.05, 4.69) is 5.32 Å². The molecule has 100 valence electrons. The number of nitrogens with one attached hydrogen (secondary N) is 1. The summed E-state index contributed by atoms with van der Waals surface area (Å²) >= 11 is 0. The van der Waals surface area contributed by atoms with E-state index in [0.29, 0.717) is 12.3 Å². The average molecular weight is 263 g/mol. The molecule has 0 heterocycles. The maximum atomic E-state index is 13.1.